The number of hydrogen-bond donors (Lipinski definition) is 3. The van der Waals surface area contributed by atoms with Crippen LogP contribution in [0.1, 0.15) is 18.5 Å². The van der Waals surface area contributed by atoms with Gasteiger partial charge >= 0.3 is 0 Å². The smallest absolute Gasteiger partial charge is 0.124 e. The van der Waals surface area contributed by atoms with Gasteiger partial charge < -0.3 is 15.5 Å². The summed E-state index contributed by atoms with van der Waals surface area (Å²) in [5.74, 6) is 0.295. The molecule has 0 bridgehead atoms. The van der Waals surface area contributed by atoms with Gasteiger partial charge in [-0.1, -0.05) is 6.07 Å². The summed E-state index contributed by atoms with van der Waals surface area (Å²) in [4.78, 5) is 4.95. The maximum absolute atomic E-state index is 9.97. The molecule has 5 heteroatoms. The van der Waals surface area contributed by atoms with Crippen molar-refractivity contribution in [3.05, 3.63) is 23.8 Å². The fraction of sp³-hybridized carbons (Fsp3) is 0.600. The van der Waals surface area contributed by atoms with E-state index in [-0.39, 0.29) is 17.5 Å². The van der Waals surface area contributed by atoms with Crippen molar-refractivity contribution in [1.29, 1.82) is 0 Å². The molecule has 20 heavy (non-hydrogen) atoms. The van der Waals surface area contributed by atoms with Gasteiger partial charge in [0.15, 0.2) is 0 Å². The average molecular weight is 277 g/mol. The standard InChI is InChI=1S/C15H23N3O2/c1-11(14-3-2-13(19)8-15(14)20)17-4-6-18(7-5-17)12-9-16-10-12/h2-3,8,11-12,16,19-20H,4-7,9-10H2,1H3. The summed E-state index contributed by atoms with van der Waals surface area (Å²) >= 11 is 0. The third-order valence-corrected chi connectivity index (χ3v) is 4.64. The molecule has 3 rings (SSSR count). The first kappa shape index (κ1) is 13.7. The molecule has 2 aliphatic rings. The Bertz CT molecular complexity index is 468. The monoisotopic (exact) mass is 277 g/mol. The van der Waals surface area contributed by atoms with Crippen molar-refractivity contribution in [3.63, 3.8) is 0 Å². The first-order valence-corrected chi connectivity index (χ1v) is 7.36. The third-order valence-electron chi connectivity index (χ3n) is 4.64. The summed E-state index contributed by atoms with van der Waals surface area (Å²) in [5.41, 5.74) is 0.890. The van der Waals surface area contributed by atoms with Crippen molar-refractivity contribution in [2.45, 2.75) is 19.0 Å². The van der Waals surface area contributed by atoms with Crippen LogP contribution in [0, 0.1) is 0 Å². The van der Waals surface area contributed by atoms with Crippen LogP contribution in [0.5, 0.6) is 11.5 Å². The maximum atomic E-state index is 9.97. The minimum absolute atomic E-state index is 0.112. The molecule has 0 aromatic heterocycles. The quantitative estimate of drug-likeness (QED) is 0.761. The van der Waals surface area contributed by atoms with E-state index in [4.69, 9.17) is 0 Å². The van der Waals surface area contributed by atoms with Crippen LogP contribution in [0.4, 0.5) is 0 Å². The molecule has 1 aromatic rings. The molecule has 2 heterocycles. The molecule has 2 saturated heterocycles. The largest absolute Gasteiger partial charge is 0.508 e. The second kappa shape index (κ2) is 5.60. The minimum Gasteiger partial charge on any atom is -0.508 e. The average Bonchev–Trinajstić information content (AvgIpc) is 2.37. The van der Waals surface area contributed by atoms with Gasteiger partial charge in [-0.05, 0) is 13.0 Å². The number of nitrogens with zero attached hydrogens (tertiary/aromatic N) is 2. The van der Waals surface area contributed by atoms with Gasteiger partial charge in [0.05, 0.1) is 0 Å². The predicted octanol–water partition coefficient (Wildman–Crippen LogP) is 0.748. The Hall–Kier alpha value is -1.30. The number of phenols is 2. The summed E-state index contributed by atoms with van der Waals surface area (Å²) in [6.45, 7) is 8.59. The van der Waals surface area contributed by atoms with Crippen LogP contribution in [0.25, 0.3) is 0 Å². The van der Waals surface area contributed by atoms with E-state index < -0.39 is 0 Å². The van der Waals surface area contributed by atoms with Crippen molar-refractivity contribution in [2.24, 2.45) is 0 Å². The highest BCUT2D eigenvalue weighted by Crippen LogP contribution is 2.31. The van der Waals surface area contributed by atoms with Crippen molar-refractivity contribution >= 4 is 0 Å². The van der Waals surface area contributed by atoms with E-state index in [9.17, 15) is 10.2 Å². The number of benzene rings is 1. The molecule has 110 valence electrons. The van der Waals surface area contributed by atoms with E-state index in [2.05, 4.69) is 22.0 Å². The zero-order chi connectivity index (χ0) is 14.1. The fourth-order valence-corrected chi connectivity index (χ4v) is 3.10. The molecule has 3 N–H and O–H groups in total. The third kappa shape index (κ3) is 2.61. The minimum atomic E-state index is 0.112. The van der Waals surface area contributed by atoms with E-state index in [1.165, 1.54) is 6.07 Å². The van der Waals surface area contributed by atoms with Crippen LogP contribution in [0.15, 0.2) is 18.2 Å². The highest BCUT2D eigenvalue weighted by atomic mass is 16.3. The summed E-state index contributed by atoms with van der Waals surface area (Å²) in [7, 11) is 0. The molecule has 1 aromatic carbocycles. The lowest BCUT2D eigenvalue weighted by Gasteiger charge is -2.44. The topological polar surface area (TPSA) is 59.0 Å². The summed E-state index contributed by atoms with van der Waals surface area (Å²) in [6, 6.07) is 5.77. The first-order valence-electron chi connectivity index (χ1n) is 7.36. The normalized spacial score (nSPS) is 23.4. The van der Waals surface area contributed by atoms with Gasteiger partial charge in [-0.2, -0.15) is 0 Å². The number of nitrogens with one attached hydrogen (secondary N) is 1. The molecular formula is C15H23N3O2. The lowest BCUT2D eigenvalue weighted by Crippen LogP contribution is -2.61. The zero-order valence-corrected chi connectivity index (χ0v) is 11.9. The summed E-state index contributed by atoms with van der Waals surface area (Å²) < 4.78 is 0. The Morgan fingerprint density at radius 1 is 1.15 bits per heavy atom. The van der Waals surface area contributed by atoms with E-state index in [1.807, 2.05) is 6.07 Å². The van der Waals surface area contributed by atoms with E-state index in [0.717, 1.165) is 50.9 Å². The maximum Gasteiger partial charge on any atom is 0.124 e. The summed E-state index contributed by atoms with van der Waals surface area (Å²) in [5, 5.41) is 22.7. The number of hydrogen-bond acceptors (Lipinski definition) is 5. The van der Waals surface area contributed by atoms with Gasteiger partial charge in [-0.15, -0.1) is 0 Å². The van der Waals surface area contributed by atoms with E-state index in [1.54, 1.807) is 6.07 Å². The second-order valence-corrected chi connectivity index (χ2v) is 5.80. The molecule has 0 spiro atoms. The van der Waals surface area contributed by atoms with E-state index in [0.29, 0.717) is 0 Å². The molecule has 0 amide bonds. The Morgan fingerprint density at radius 3 is 2.40 bits per heavy atom. The second-order valence-electron chi connectivity index (χ2n) is 5.80. The van der Waals surface area contributed by atoms with Crippen molar-refractivity contribution in [3.8, 4) is 11.5 Å². The number of phenolic OH excluding ortho intramolecular Hbond substituents is 2. The van der Waals surface area contributed by atoms with Gasteiger partial charge in [-0.25, -0.2) is 0 Å². The molecule has 1 unspecified atom stereocenters. The van der Waals surface area contributed by atoms with Gasteiger partial charge in [0.25, 0.3) is 0 Å². The van der Waals surface area contributed by atoms with Crippen molar-refractivity contribution in [1.82, 2.24) is 15.1 Å². The SMILES string of the molecule is CC(c1ccc(O)cc1O)N1CCN(C2CNC2)CC1. The predicted molar refractivity (Wildman–Crippen MR) is 78.0 cm³/mol. The van der Waals surface area contributed by atoms with Crippen LogP contribution < -0.4 is 5.32 Å². The van der Waals surface area contributed by atoms with Crippen molar-refractivity contribution in [2.75, 3.05) is 39.3 Å². The Balaban J connectivity index is 1.62. The van der Waals surface area contributed by atoms with Crippen LogP contribution >= 0.6 is 0 Å². The Labute approximate surface area is 119 Å². The molecule has 0 radical (unpaired) electrons. The Kier molecular flexibility index (Phi) is 3.83. The van der Waals surface area contributed by atoms with Crippen LogP contribution in [0.2, 0.25) is 0 Å². The van der Waals surface area contributed by atoms with Gasteiger partial charge in [-0.3, -0.25) is 9.80 Å². The molecule has 5 nitrogen and oxygen atoms in total. The lowest BCUT2D eigenvalue weighted by molar-refractivity contribution is 0.0547. The number of rotatable bonds is 3. The number of aromatic hydroxyl groups is 2. The Morgan fingerprint density at radius 2 is 1.85 bits per heavy atom. The number of piperazine rings is 1. The molecule has 1 atom stereocenters. The first-order chi connectivity index (χ1) is 9.65. The van der Waals surface area contributed by atoms with Crippen LogP contribution in [-0.4, -0.2) is 65.3 Å². The van der Waals surface area contributed by atoms with Crippen molar-refractivity contribution < 1.29 is 10.2 Å². The molecular weight excluding hydrogens is 254 g/mol. The lowest BCUT2D eigenvalue weighted by atomic mass is 10.0. The highest BCUT2D eigenvalue weighted by Gasteiger charge is 2.29. The van der Waals surface area contributed by atoms with Gasteiger partial charge in [0, 0.05) is 63.0 Å². The molecule has 2 aliphatic heterocycles. The molecule has 2 fully saturated rings. The zero-order valence-electron chi connectivity index (χ0n) is 11.9. The van der Waals surface area contributed by atoms with Crippen LogP contribution in [0.3, 0.4) is 0 Å². The van der Waals surface area contributed by atoms with Gasteiger partial charge in [0.1, 0.15) is 11.5 Å². The van der Waals surface area contributed by atoms with Gasteiger partial charge in [0.2, 0.25) is 0 Å². The van der Waals surface area contributed by atoms with Crippen LogP contribution in [-0.2, 0) is 0 Å². The van der Waals surface area contributed by atoms with E-state index >= 15 is 0 Å². The molecule has 0 aliphatic carbocycles. The highest BCUT2D eigenvalue weighted by molar-refractivity contribution is 5.40. The fourth-order valence-electron chi connectivity index (χ4n) is 3.10. The summed E-state index contributed by atoms with van der Waals surface area (Å²) in [6.07, 6.45) is 0. The molecule has 0 saturated carbocycles.